The molecule has 0 N–H and O–H groups in total. The lowest BCUT2D eigenvalue weighted by Gasteiger charge is -2.31. The van der Waals surface area contributed by atoms with Crippen molar-refractivity contribution in [2.45, 2.75) is 25.6 Å². The fourth-order valence-electron chi connectivity index (χ4n) is 2.47. The highest BCUT2D eigenvalue weighted by Crippen LogP contribution is 2.18. The van der Waals surface area contributed by atoms with Crippen LogP contribution in [0.25, 0.3) is 0 Å². The summed E-state index contributed by atoms with van der Waals surface area (Å²) in [5.74, 6) is 0.828. The van der Waals surface area contributed by atoms with Crippen LogP contribution in [0.2, 0.25) is 0 Å². The van der Waals surface area contributed by atoms with Gasteiger partial charge in [-0.2, -0.15) is 0 Å². The Morgan fingerprint density at radius 1 is 1.00 bits per heavy atom. The molecule has 0 saturated carbocycles. The largest absolute Gasteiger partial charge is 0.373 e. The lowest BCUT2D eigenvalue weighted by atomic mass is 10.1. The van der Waals surface area contributed by atoms with Gasteiger partial charge in [-0.3, -0.25) is 0 Å². The Labute approximate surface area is 119 Å². The number of hydrogen-bond acceptors (Lipinski definition) is 4. The van der Waals surface area contributed by atoms with Crippen molar-refractivity contribution in [2.75, 3.05) is 18.0 Å². The molecule has 2 aromatic rings. The topological polar surface area (TPSA) is 38.2 Å². The molecule has 0 spiro atoms. The number of piperidine rings is 1. The van der Waals surface area contributed by atoms with Crippen LogP contribution in [-0.4, -0.2) is 29.2 Å². The summed E-state index contributed by atoms with van der Waals surface area (Å²) in [4.78, 5) is 10.8. The minimum absolute atomic E-state index is 0.343. The van der Waals surface area contributed by atoms with Crippen molar-refractivity contribution in [3.05, 3.63) is 54.4 Å². The van der Waals surface area contributed by atoms with E-state index in [-0.39, 0.29) is 0 Å². The number of ether oxygens (including phenoxy) is 1. The van der Waals surface area contributed by atoms with Gasteiger partial charge < -0.3 is 9.64 Å². The summed E-state index contributed by atoms with van der Waals surface area (Å²) in [5, 5.41) is 0. The number of nitrogens with zero attached hydrogens (tertiary/aromatic N) is 3. The molecule has 0 radical (unpaired) electrons. The Morgan fingerprint density at radius 3 is 2.40 bits per heavy atom. The van der Waals surface area contributed by atoms with Crippen LogP contribution in [0, 0.1) is 0 Å². The highest BCUT2D eigenvalue weighted by Gasteiger charge is 2.21. The molecule has 2 heterocycles. The molecule has 1 aromatic heterocycles. The van der Waals surface area contributed by atoms with Gasteiger partial charge in [0, 0.05) is 25.5 Å². The molecule has 0 amide bonds. The third-order valence-corrected chi connectivity index (χ3v) is 3.61. The van der Waals surface area contributed by atoms with Crippen LogP contribution in [0.1, 0.15) is 18.4 Å². The Balaban J connectivity index is 1.47. The Morgan fingerprint density at radius 2 is 1.70 bits per heavy atom. The summed E-state index contributed by atoms with van der Waals surface area (Å²) < 4.78 is 5.99. The van der Waals surface area contributed by atoms with Gasteiger partial charge >= 0.3 is 0 Å². The van der Waals surface area contributed by atoms with Gasteiger partial charge in [0.2, 0.25) is 5.95 Å². The minimum atomic E-state index is 0.343. The van der Waals surface area contributed by atoms with Crippen LogP contribution >= 0.6 is 0 Å². The quantitative estimate of drug-likeness (QED) is 0.855. The maximum Gasteiger partial charge on any atom is 0.225 e. The molecule has 4 nitrogen and oxygen atoms in total. The first-order valence-corrected chi connectivity index (χ1v) is 7.09. The number of anilines is 1. The first kappa shape index (κ1) is 13.1. The summed E-state index contributed by atoms with van der Waals surface area (Å²) >= 11 is 0. The average molecular weight is 269 g/mol. The van der Waals surface area contributed by atoms with E-state index in [0.29, 0.717) is 12.7 Å². The number of aromatic nitrogens is 2. The van der Waals surface area contributed by atoms with E-state index in [1.54, 1.807) is 12.4 Å². The monoisotopic (exact) mass is 269 g/mol. The average Bonchev–Trinajstić information content (AvgIpc) is 2.55. The van der Waals surface area contributed by atoms with Gasteiger partial charge in [0.25, 0.3) is 0 Å². The fourth-order valence-corrected chi connectivity index (χ4v) is 2.47. The summed E-state index contributed by atoms with van der Waals surface area (Å²) in [6, 6.07) is 12.2. The third-order valence-electron chi connectivity index (χ3n) is 3.61. The van der Waals surface area contributed by atoms with Crippen molar-refractivity contribution in [1.29, 1.82) is 0 Å². The van der Waals surface area contributed by atoms with Crippen molar-refractivity contribution in [3.63, 3.8) is 0 Å². The lowest BCUT2D eigenvalue weighted by Crippen LogP contribution is -2.37. The maximum absolute atomic E-state index is 5.99. The van der Waals surface area contributed by atoms with Crippen molar-refractivity contribution >= 4 is 5.95 Å². The second-order valence-electron chi connectivity index (χ2n) is 5.03. The predicted molar refractivity (Wildman–Crippen MR) is 78.5 cm³/mol. The van der Waals surface area contributed by atoms with Crippen LogP contribution in [-0.2, 0) is 11.3 Å². The molecule has 0 atom stereocenters. The maximum atomic E-state index is 5.99. The molecular formula is C16H19N3O. The molecule has 0 aliphatic carbocycles. The smallest absolute Gasteiger partial charge is 0.225 e. The van der Waals surface area contributed by atoms with E-state index in [2.05, 4.69) is 27.0 Å². The molecule has 4 heteroatoms. The third kappa shape index (κ3) is 3.33. The number of benzene rings is 1. The van der Waals surface area contributed by atoms with Crippen molar-refractivity contribution in [1.82, 2.24) is 9.97 Å². The molecule has 20 heavy (non-hydrogen) atoms. The molecule has 1 aromatic carbocycles. The fraction of sp³-hybridized carbons (Fsp3) is 0.375. The zero-order chi connectivity index (χ0) is 13.6. The van der Waals surface area contributed by atoms with E-state index in [4.69, 9.17) is 4.74 Å². The lowest BCUT2D eigenvalue weighted by molar-refractivity contribution is 0.0250. The number of rotatable bonds is 4. The summed E-state index contributed by atoms with van der Waals surface area (Å²) in [5.41, 5.74) is 1.24. The zero-order valence-electron chi connectivity index (χ0n) is 11.5. The first-order valence-electron chi connectivity index (χ1n) is 7.09. The Kier molecular flexibility index (Phi) is 4.23. The van der Waals surface area contributed by atoms with Crippen LogP contribution < -0.4 is 4.90 Å². The number of hydrogen-bond donors (Lipinski definition) is 0. The minimum Gasteiger partial charge on any atom is -0.373 e. The molecule has 1 fully saturated rings. The second-order valence-corrected chi connectivity index (χ2v) is 5.03. The highest BCUT2D eigenvalue weighted by atomic mass is 16.5. The predicted octanol–water partition coefficient (Wildman–Crippen LogP) is 2.66. The standard InChI is InChI=1S/C16H19N3O/c1-2-5-14(6-3-1)13-20-15-7-11-19(12-8-15)16-17-9-4-10-18-16/h1-6,9-10,15H,7-8,11-13H2. The van der Waals surface area contributed by atoms with E-state index in [0.717, 1.165) is 31.9 Å². The summed E-state index contributed by atoms with van der Waals surface area (Å²) in [6.07, 6.45) is 5.99. The summed E-state index contributed by atoms with van der Waals surface area (Å²) in [7, 11) is 0. The molecule has 0 bridgehead atoms. The van der Waals surface area contributed by atoms with E-state index >= 15 is 0 Å². The molecule has 0 unspecified atom stereocenters. The molecule has 3 rings (SSSR count). The molecule has 1 saturated heterocycles. The van der Waals surface area contributed by atoms with Crippen molar-refractivity contribution < 1.29 is 4.74 Å². The van der Waals surface area contributed by atoms with Gasteiger partial charge in [-0.15, -0.1) is 0 Å². The van der Waals surface area contributed by atoms with Gasteiger partial charge in [-0.25, -0.2) is 9.97 Å². The Hall–Kier alpha value is -1.94. The molecular weight excluding hydrogens is 250 g/mol. The van der Waals surface area contributed by atoms with Crippen LogP contribution in [0.5, 0.6) is 0 Å². The van der Waals surface area contributed by atoms with Crippen LogP contribution in [0.4, 0.5) is 5.95 Å². The van der Waals surface area contributed by atoms with E-state index in [9.17, 15) is 0 Å². The van der Waals surface area contributed by atoms with E-state index in [1.807, 2.05) is 24.3 Å². The molecule has 1 aliphatic heterocycles. The first-order chi connectivity index (χ1) is 9.92. The van der Waals surface area contributed by atoms with Crippen molar-refractivity contribution in [2.24, 2.45) is 0 Å². The second kappa shape index (κ2) is 6.48. The van der Waals surface area contributed by atoms with E-state index in [1.165, 1.54) is 5.56 Å². The van der Waals surface area contributed by atoms with Gasteiger partial charge in [0.05, 0.1) is 12.7 Å². The van der Waals surface area contributed by atoms with Gasteiger partial charge in [-0.05, 0) is 24.5 Å². The Bertz CT molecular complexity index is 510. The van der Waals surface area contributed by atoms with Crippen molar-refractivity contribution in [3.8, 4) is 0 Å². The molecule has 1 aliphatic rings. The van der Waals surface area contributed by atoms with Gasteiger partial charge in [-0.1, -0.05) is 30.3 Å². The SMILES string of the molecule is c1ccc(COC2CCN(c3ncccn3)CC2)cc1. The van der Waals surface area contributed by atoms with Crippen LogP contribution in [0.15, 0.2) is 48.8 Å². The highest BCUT2D eigenvalue weighted by molar-refractivity contribution is 5.28. The molecule has 104 valence electrons. The van der Waals surface area contributed by atoms with E-state index < -0.39 is 0 Å². The summed E-state index contributed by atoms with van der Waals surface area (Å²) in [6.45, 7) is 2.63. The zero-order valence-corrected chi connectivity index (χ0v) is 11.5. The van der Waals surface area contributed by atoms with Gasteiger partial charge in [0.15, 0.2) is 0 Å². The van der Waals surface area contributed by atoms with Gasteiger partial charge in [0.1, 0.15) is 0 Å². The van der Waals surface area contributed by atoms with Crippen LogP contribution in [0.3, 0.4) is 0 Å². The normalized spacial score (nSPS) is 16.3.